The van der Waals surface area contributed by atoms with Crippen molar-refractivity contribution in [3.8, 4) is 0 Å². The van der Waals surface area contributed by atoms with Crippen LogP contribution in [0.4, 0.5) is 0 Å². The van der Waals surface area contributed by atoms with Crippen LogP contribution in [0.15, 0.2) is 18.2 Å². The molecule has 21 heavy (non-hydrogen) atoms. The van der Waals surface area contributed by atoms with E-state index in [1.54, 1.807) is 18.2 Å². The van der Waals surface area contributed by atoms with Crippen LogP contribution in [0.2, 0.25) is 10.0 Å². The van der Waals surface area contributed by atoms with Gasteiger partial charge in [-0.1, -0.05) is 29.3 Å². The Balaban J connectivity index is 2.09. The van der Waals surface area contributed by atoms with Crippen LogP contribution in [0, 0.1) is 0 Å². The topological polar surface area (TPSA) is 86.6 Å². The molecule has 8 heteroatoms. The summed E-state index contributed by atoms with van der Waals surface area (Å²) in [5.74, 6) is -1.73. The molecule has 5 nitrogen and oxygen atoms in total. The highest BCUT2D eigenvalue weighted by Gasteiger charge is 2.18. The first-order valence-corrected chi connectivity index (χ1v) is 7.54. The van der Waals surface area contributed by atoms with Crippen molar-refractivity contribution >= 4 is 56.5 Å². The van der Waals surface area contributed by atoms with Crippen molar-refractivity contribution in [3.63, 3.8) is 0 Å². The Hall–Kier alpha value is -1.34. The van der Waals surface area contributed by atoms with E-state index in [4.69, 9.17) is 33.4 Å². The SMILES string of the molecule is O=C(NCC[C@H](O)C(=O)O)c1sc2cc(Cl)ccc2c1Cl. The van der Waals surface area contributed by atoms with Crippen LogP contribution in [0.1, 0.15) is 16.1 Å². The first-order valence-electron chi connectivity index (χ1n) is 5.96. The zero-order chi connectivity index (χ0) is 15.6. The van der Waals surface area contributed by atoms with Crippen molar-refractivity contribution < 1.29 is 19.8 Å². The number of hydrogen-bond acceptors (Lipinski definition) is 4. The van der Waals surface area contributed by atoms with E-state index in [-0.39, 0.29) is 13.0 Å². The molecule has 0 saturated carbocycles. The Morgan fingerprint density at radius 2 is 2.05 bits per heavy atom. The van der Waals surface area contributed by atoms with Gasteiger partial charge in [0.2, 0.25) is 0 Å². The molecule has 0 unspecified atom stereocenters. The Kier molecular flexibility index (Phi) is 5.05. The van der Waals surface area contributed by atoms with Crippen molar-refractivity contribution in [2.45, 2.75) is 12.5 Å². The predicted molar refractivity (Wildman–Crippen MR) is 82.4 cm³/mol. The monoisotopic (exact) mass is 347 g/mol. The van der Waals surface area contributed by atoms with Crippen molar-refractivity contribution in [3.05, 3.63) is 33.1 Å². The lowest BCUT2D eigenvalue weighted by Crippen LogP contribution is -2.29. The minimum atomic E-state index is -1.50. The van der Waals surface area contributed by atoms with E-state index < -0.39 is 18.0 Å². The summed E-state index contributed by atoms with van der Waals surface area (Å²) in [5.41, 5.74) is 0. The van der Waals surface area contributed by atoms with E-state index in [9.17, 15) is 9.59 Å². The van der Waals surface area contributed by atoms with Gasteiger partial charge in [-0.2, -0.15) is 0 Å². The number of amides is 1. The summed E-state index contributed by atoms with van der Waals surface area (Å²) in [4.78, 5) is 22.8. The number of halogens is 2. The molecule has 3 N–H and O–H groups in total. The van der Waals surface area contributed by atoms with Gasteiger partial charge >= 0.3 is 5.97 Å². The lowest BCUT2D eigenvalue weighted by atomic mass is 10.2. The van der Waals surface area contributed by atoms with Crippen LogP contribution < -0.4 is 5.32 Å². The number of rotatable bonds is 5. The quantitative estimate of drug-likeness (QED) is 0.776. The maximum Gasteiger partial charge on any atom is 0.332 e. The molecule has 1 aromatic carbocycles. The molecule has 0 saturated heterocycles. The number of carboxylic acid groups (broad SMARTS) is 1. The van der Waals surface area contributed by atoms with Gasteiger partial charge in [0.1, 0.15) is 4.88 Å². The van der Waals surface area contributed by atoms with Gasteiger partial charge in [-0.05, 0) is 12.1 Å². The van der Waals surface area contributed by atoms with Crippen molar-refractivity contribution in [1.82, 2.24) is 5.32 Å². The second-order valence-electron chi connectivity index (χ2n) is 4.28. The number of thiophene rings is 1. The Bertz CT molecular complexity index is 701. The molecule has 0 bridgehead atoms. The number of fused-ring (bicyclic) bond motifs is 1. The van der Waals surface area contributed by atoms with Crippen molar-refractivity contribution in [2.24, 2.45) is 0 Å². The number of carbonyl (C=O) groups is 2. The second-order valence-corrected chi connectivity index (χ2v) is 6.15. The number of carbonyl (C=O) groups excluding carboxylic acids is 1. The van der Waals surface area contributed by atoms with Gasteiger partial charge in [0.05, 0.1) is 5.02 Å². The molecule has 1 amide bonds. The fourth-order valence-electron chi connectivity index (χ4n) is 1.71. The molecule has 0 aliphatic heterocycles. The predicted octanol–water partition coefficient (Wildman–Crippen LogP) is 2.77. The molecular formula is C13H11Cl2NO4S. The highest BCUT2D eigenvalue weighted by atomic mass is 35.5. The first kappa shape index (κ1) is 16.0. The fraction of sp³-hybridized carbons (Fsp3) is 0.231. The number of aliphatic carboxylic acids is 1. The van der Waals surface area contributed by atoms with Gasteiger partial charge in [0.25, 0.3) is 5.91 Å². The summed E-state index contributed by atoms with van der Waals surface area (Å²) in [5, 5.41) is 21.8. The van der Waals surface area contributed by atoms with Gasteiger partial charge in [-0.25, -0.2) is 4.79 Å². The summed E-state index contributed by atoms with van der Waals surface area (Å²) in [6.07, 6.45) is -1.57. The Morgan fingerprint density at radius 1 is 1.33 bits per heavy atom. The van der Waals surface area contributed by atoms with Crippen LogP contribution in [-0.4, -0.2) is 34.7 Å². The normalized spacial score (nSPS) is 12.3. The molecule has 0 aliphatic carbocycles. The minimum absolute atomic E-state index is 0.0393. The molecule has 2 aromatic rings. The Morgan fingerprint density at radius 3 is 2.71 bits per heavy atom. The molecule has 0 spiro atoms. The molecule has 2 rings (SSSR count). The maximum atomic E-state index is 12.0. The number of nitrogens with one attached hydrogen (secondary N) is 1. The van der Waals surface area contributed by atoms with E-state index in [1.165, 1.54) is 11.3 Å². The highest BCUT2D eigenvalue weighted by Crippen LogP contribution is 2.36. The number of aliphatic hydroxyl groups is 1. The number of hydrogen-bond donors (Lipinski definition) is 3. The zero-order valence-electron chi connectivity index (χ0n) is 10.6. The third-order valence-corrected chi connectivity index (χ3v) is 4.68. The van der Waals surface area contributed by atoms with Gasteiger partial charge in [-0.15, -0.1) is 11.3 Å². The highest BCUT2D eigenvalue weighted by molar-refractivity contribution is 7.21. The molecule has 1 aromatic heterocycles. The minimum Gasteiger partial charge on any atom is -0.479 e. The van der Waals surface area contributed by atoms with Crippen molar-refractivity contribution in [1.29, 1.82) is 0 Å². The second kappa shape index (κ2) is 6.62. The number of carboxylic acids is 1. The summed E-state index contributed by atoms with van der Waals surface area (Å²) >= 11 is 13.3. The lowest BCUT2D eigenvalue weighted by molar-refractivity contribution is -0.146. The summed E-state index contributed by atoms with van der Waals surface area (Å²) in [7, 11) is 0. The van der Waals surface area contributed by atoms with E-state index >= 15 is 0 Å². The number of benzene rings is 1. The molecule has 0 fully saturated rings. The molecule has 1 atom stereocenters. The lowest BCUT2D eigenvalue weighted by Gasteiger charge is -2.06. The third-order valence-electron chi connectivity index (χ3n) is 2.79. The van der Waals surface area contributed by atoms with E-state index in [1.807, 2.05) is 0 Å². The third kappa shape index (κ3) is 3.65. The van der Waals surface area contributed by atoms with Gasteiger partial charge in [0, 0.05) is 28.1 Å². The van der Waals surface area contributed by atoms with Crippen LogP contribution in [0.5, 0.6) is 0 Å². The molecule has 112 valence electrons. The summed E-state index contributed by atoms with van der Waals surface area (Å²) in [6, 6.07) is 5.15. The van der Waals surface area contributed by atoms with Gasteiger partial charge < -0.3 is 15.5 Å². The van der Waals surface area contributed by atoms with E-state index in [2.05, 4.69) is 5.32 Å². The standard InChI is InChI=1S/C13H11Cl2NO4S/c14-6-1-2-7-9(5-6)21-11(10(7)15)12(18)16-4-3-8(17)13(19)20/h1-2,5,8,17H,3-4H2,(H,16,18)(H,19,20)/t8-/m0/s1. The first-order chi connectivity index (χ1) is 9.90. The molecule has 1 heterocycles. The summed E-state index contributed by atoms with van der Waals surface area (Å²) in [6.45, 7) is 0.0393. The molecular weight excluding hydrogens is 337 g/mol. The fourth-order valence-corrected chi connectivity index (χ4v) is 3.42. The number of aliphatic hydroxyl groups excluding tert-OH is 1. The average Bonchev–Trinajstić information content (AvgIpc) is 2.75. The molecule has 0 aliphatic rings. The van der Waals surface area contributed by atoms with Crippen LogP contribution in [-0.2, 0) is 4.79 Å². The maximum absolute atomic E-state index is 12.0. The van der Waals surface area contributed by atoms with Gasteiger partial charge in [-0.3, -0.25) is 4.79 Å². The van der Waals surface area contributed by atoms with E-state index in [0.717, 1.165) is 10.1 Å². The van der Waals surface area contributed by atoms with E-state index in [0.29, 0.717) is 14.9 Å². The van der Waals surface area contributed by atoms with Crippen LogP contribution >= 0.6 is 34.5 Å². The smallest absolute Gasteiger partial charge is 0.332 e. The van der Waals surface area contributed by atoms with Crippen LogP contribution in [0.3, 0.4) is 0 Å². The van der Waals surface area contributed by atoms with Gasteiger partial charge in [0.15, 0.2) is 6.10 Å². The zero-order valence-corrected chi connectivity index (χ0v) is 12.9. The Labute approximate surface area is 134 Å². The average molecular weight is 348 g/mol. The van der Waals surface area contributed by atoms with Crippen molar-refractivity contribution in [2.75, 3.05) is 6.54 Å². The largest absolute Gasteiger partial charge is 0.479 e. The summed E-state index contributed by atoms with van der Waals surface area (Å²) < 4.78 is 0.795. The molecule has 0 radical (unpaired) electrons. The van der Waals surface area contributed by atoms with Crippen LogP contribution in [0.25, 0.3) is 10.1 Å².